The van der Waals surface area contributed by atoms with Gasteiger partial charge in [-0.05, 0) is 50.6 Å². The summed E-state index contributed by atoms with van der Waals surface area (Å²) in [6.45, 7) is 1.97. The molecule has 0 bridgehead atoms. The molecule has 2 aromatic carbocycles. The lowest BCUT2D eigenvalue weighted by Crippen LogP contribution is -2.07. The highest BCUT2D eigenvalue weighted by atomic mass is 31.1. The lowest BCUT2D eigenvalue weighted by Gasteiger charge is -2.13. The number of aryl methyl sites for hydroxylation is 1. The molecule has 2 rings (SSSR count). The Bertz CT molecular complexity index is 660. The molecule has 0 aliphatic heterocycles. The van der Waals surface area contributed by atoms with E-state index in [9.17, 15) is 4.79 Å². The Morgan fingerprint density at radius 2 is 1.59 bits per heavy atom. The minimum absolute atomic E-state index is 0.00332. The van der Waals surface area contributed by atoms with Gasteiger partial charge in [-0.1, -0.05) is 12.1 Å². The Hall–Kier alpha value is -2.06. The molecule has 0 radical (unpaired) electrons. The van der Waals surface area contributed by atoms with Crippen molar-refractivity contribution in [3.63, 3.8) is 0 Å². The molecule has 4 nitrogen and oxygen atoms in total. The van der Waals surface area contributed by atoms with Crippen molar-refractivity contribution in [3.8, 4) is 17.2 Å². The summed E-state index contributed by atoms with van der Waals surface area (Å²) in [5.41, 5.74) is 1.50. The number of rotatable bonds is 6. The second kappa shape index (κ2) is 7.28. The van der Waals surface area contributed by atoms with Gasteiger partial charge in [0.05, 0.1) is 21.3 Å². The first-order valence-corrected chi connectivity index (χ1v) is 7.77. The number of carbonyl (C=O) groups excluding carboxylic acids is 1. The maximum atomic E-state index is 12.7. The molecule has 0 aromatic heterocycles. The molecule has 5 heteroatoms. The molecular weight excluding hydrogens is 299 g/mol. The first kappa shape index (κ1) is 16.3. The van der Waals surface area contributed by atoms with Gasteiger partial charge in [0, 0.05) is 0 Å². The van der Waals surface area contributed by atoms with Crippen LogP contribution in [0.4, 0.5) is 0 Å². The fourth-order valence-electron chi connectivity index (χ4n) is 2.16. The third-order valence-electron chi connectivity index (χ3n) is 3.34. The summed E-state index contributed by atoms with van der Waals surface area (Å²) in [4.78, 5) is 12.7. The zero-order valence-corrected chi connectivity index (χ0v) is 14.1. The summed E-state index contributed by atoms with van der Waals surface area (Å²) < 4.78 is 15.8. The second-order valence-corrected chi connectivity index (χ2v) is 5.92. The summed E-state index contributed by atoms with van der Waals surface area (Å²) >= 11 is 0. The van der Waals surface area contributed by atoms with Crippen molar-refractivity contribution in [1.29, 1.82) is 0 Å². The molecule has 22 heavy (non-hydrogen) atoms. The zero-order valence-electron chi connectivity index (χ0n) is 13.1. The van der Waals surface area contributed by atoms with Crippen molar-refractivity contribution >= 4 is 19.4 Å². The Morgan fingerprint density at radius 3 is 2.09 bits per heavy atom. The van der Waals surface area contributed by atoms with Crippen LogP contribution in [0.25, 0.3) is 0 Å². The normalized spacial score (nSPS) is 10.7. The predicted molar refractivity (Wildman–Crippen MR) is 89.6 cm³/mol. The number of benzene rings is 2. The van der Waals surface area contributed by atoms with Crippen molar-refractivity contribution in [2.24, 2.45) is 0 Å². The van der Waals surface area contributed by atoms with E-state index in [1.165, 1.54) is 0 Å². The van der Waals surface area contributed by atoms with E-state index < -0.39 is 0 Å². The molecule has 1 unspecified atom stereocenters. The Balaban J connectivity index is 2.33. The summed E-state index contributed by atoms with van der Waals surface area (Å²) in [5, 5.41) is 0.985. The summed E-state index contributed by atoms with van der Waals surface area (Å²) in [7, 11) is 4.72. The third kappa shape index (κ3) is 3.40. The molecule has 0 saturated heterocycles. The number of ether oxygens (including phenoxy) is 3. The highest BCUT2D eigenvalue weighted by Crippen LogP contribution is 2.34. The van der Waals surface area contributed by atoms with Crippen LogP contribution in [-0.2, 0) is 0 Å². The zero-order chi connectivity index (χ0) is 16.1. The highest BCUT2D eigenvalue weighted by Gasteiger charge is 2.19. The maximum Gasteiger partial charge on any atom is 0.193 e. The molecule has 0 N–H and O–H groups in total. The van der Waals surface area contributed by atoms with Gasteiger partial charge in [0.25, 0.3) is 0 Å². The summed E-state index contributed by atoms with van der Waals surface area (Å²) in [6.07, 6.45) is 0. The largest absolute Gasteiger partial charge is 0.497 e. The quantitative estimate of drug-likeness (QED) is 0.768. The SMILES string of the molecule is COc1ccc(PC(=O)c2c(OC)cccc2OC)c(C)c1. The van der Waals surface area contributed by atoms with Crippen LogP contribution in [0.15, 0.2) is 36.4 Å². The number of carbonyl (C=O) groups is 1. The van der Waals surface area contributed by atoms with E-state index in [0.29, 0.717) is 17.1 Å². The predicted octanol–water partition coefficient (Wildman–Crippen LogP) is 3.17. The van der Waals surface area contributed by atoms with Gasteiger partial charge in [-0.2, -0.15) is 0 Å². The first-order valence-electron chi connectivity index (χ1n) is 6.77. The van der Waals surface area contributed by atoms with Gasteiger partial charge in [-0.25, -0.2) is 0 Å². The Labute approximate surface area is 132 Å². The average Bonchev–Trinajstić information content (AvgIpc) is 2.55. The van der Waals surface area contributed by atoms with Crippen LogP contribution in [0.3, 0.4) is 0 Å². The molecule has 0 spiro atoms. The Morgan fingerprint density at radius 1 is 0.955 bits per heavy atom. The molecule has 116 valence electrons. The number of hydrogen-bond acceptors (Lipinski definition) is 4. The molecule has 1 atom stereocenters. The number of hydrogen-bond donors (Lipinski definition) is 0. The van der Waals surface area contributed by atoms with Crippen molar-refractivity contribution in [2.45, 2.75) is 6.92 Å². The van der Waals surface area contributed by atoms with Gasteiger partial charge >= 0.3 is 0 Å². The molecule has 2 aromatic rings. The molecule has 0 heterocycles. The van der Waals surface area contributed by atoms with Crippen LogP contribution in [0.5, 0.6) is 17.2 Å². The van der Waals surface area contributed by atoms with E-state index >= 15 is 0 Å². The van der Waals surface area contributed by atoms with Gasteiger partial charge in [0.2, 0.25) is 0 Å². The van der Waals surface area contributed by atoms with Gasteiger partial charge in [-0.15, -0.1) is 0 Å². The fourth-order valence-corrected chi connectivity index (χ4v) is 3.22. The Kier molecular flexibility index (Phi) is 5.40. The molecular formula is C17H19O4P. The van der Waals surface area contributed by atoms with Crippen molar-refractivity contribution in [2.75, 3.05) is 21.3 Å². The van der Waals surface area contributed by atoms with E-state index in [-0.39, 0.29) is 14.1 Å². The number of methoxy groups -OCH3 is 3. The molecule has 0 saturated carbocycles. The van der Waals surface area contributed by atoms with Crippen LogP contribution in [0.2, 0.25) is 0 Å². The van der Waals surface area contributed by atoms with Gasteiger partial charge < -0.3 is 14.2 Å². The minimum Gasteiger partial charge on any atom is -0.497 e. The smallest absolute Gasteiger partial charge is 0.193 e. The van der Waals surface area contributed by atoms with E-state index in [2.05, 4.69) is 0 Å². The van der Waals surface area contributed by atoms with E-state index in [4.69, 9.17) is 14.2 Å². The first-order chi connectivity index (χ1) is 10.6. The van der Waals surface area contributed by atoms with Crippen molar-refractivity contribution < 1.29 is 19.0 Å². The van der Waals surface area contributed by atoms with Crippen molar-refractivity contribution in [3.05, 3.63) is 47.5 Å². The third-order valence-corrected chi connectivity index (χ3v) is 4.64. The summed E-state index contributed by atoms with van der Waals surface area (Å²) in [5.74, 6) is 1.85. The van der Waals surface area contributed by atoms with E-state index in [1.54, 1.807) is 39.5 Å². The molecule has 0 fully saturated rings. The second-order valence-electron chi connectivity index (χ2n) is 4.67. The van der Waals surface area contributed by atoms with E-state index in [0.717, 1.165) is 16.6 Å². The van der Waals surface area contributed by atoms with Crippen molar-refractivity contribution in [1.82, 2.24) is 0 Å². The topological polar surface area (TPSA) is 44.8 Å². The summed E-state index contributed by atoms with van der Waals surface area (Å²) in [6, 6.07) is 11.0. The van der Waals surface area contributed by atoms with Gasteiger partial charge in [0.1, 0.15) is 22.8 Å². The van der Waals surface area contributed by atoms with Crippen LogP contribution in [0, 0.1) is 6.92 Å². The van der Waals surface area contributed by atoms with Gasteiger partial charge in [-0.3, -0.25) is 4.79 Å². The van der Waals surface area contributed by atoms with Crippen LogP contribution in [-0.4, -0.2) is 26.9 Å². The molecule has 0 amide bonds. The van der Waals surface area contributed by atoms with Gasteiger partial charge in [0.15, 0.2) is 5.52 Å². The molecule has 0 aliphatic carbocycles. The lowest BCUT2D eigenvalue weighted by atomic mass is 10.2. The highest BCUT2D eigenvalue weighted by molar-refractivity contribution is 7.66. The average molecular weight is 318 g/mol. The van der Waals surface area contributed by atoms with Crippen LogP contribution >= 0.6 is 8.58 Å². The van der Waals surface area contributed by atoms with E-state index in [1.807, 2.05) is 25.1 Å². The lowest BCUT2D eigenvalue weighted by molar-refractivity contribution is 0.108. The fraction of sp³-hybridized carbons (Fsp3) is 0.235. The molecule has 0 aliphatic rings. The maximum absolute atomic E-state index is 12.7. The van der Waals surface area contributed by atoms with Crippen LogP contribution < -0.4 is 19.5 Å². The van der Waals surface area contributed by atoms with Crippen LogP contribution in [0.1, 0.15) is 15.9 Å². The monoisotopic (exact) mass is 318 g/mol. The minimum atomic E-state index is -0.0115. The standard InChI is InChI=1S/C17H19O4P/c1-11-10-12(19-2)8-9-15(11)22-17(18)16-13(20-3)6-5-7-14(16)21-4/h5-10,22H,1-4H3.